The topological polar surface area (TPSA) is 89.5 Å². The average molecular weight is 424 g/mol. The van der Waals surface area contributed by atoms with Crippen molar-refractivity contribution in [3.05, 3.63) is 59.7 Å². The fourth-order valence-corrected chi connectivity index (χ4v) is 8.49. The summed E-state index contributed by atoms with van der Waals surface area (Å²) in [5.41, 5.74) is 1.88. The summed E-state index contributed by atoms with van der Waals surface area (Å²) < 4.78 is 56.3. The Morgan fingerprint density at radius 3 is 2.50 bits per heavy atom. The predicted octanol–water partition coefficient (Wildman–Crippen LogP) is 1.78. The largest absolute Gasteiger partial charge is 0.495 e. The minimum absolute atomic E-state index is 0.0481. The lowest BCUT2D eigenvalue weighted by Crippen LogP contribution is -2.44. The van der Waals surface area contributed by atoms with Crippen molar-refractivity contribution >= 4 is 19.7 Å². The van der Waals surface area contributed by atoms with Crippen molar-refractivity contribution in [1.82, 2.24) is 5.32 Å². The fourth-order valence-electron chi connectivity index (χ4n) is 3.53. The van der Waals surface area contributed by atoms with Crippen LogP contribution in [0.25, 0.3) is 0 Å². The predicted molar refractivity (Wildman–Crippen MR) is 109 cm³/mol. The van der Waals surface area contributed by atoms with Crippen LogP contribution >= 0.6 is 0 Å². The number of methoxy groups -OCH3 is 1. The van der Waals surface area contributed by atoms with Gasteiger partial charge < -0.3 is 10.1 Å². The summed E-state index contributed by atoms with van der Waals surface area (Å²) in [6.45, 7) is 2.29. The van der Waals surface area contributed by atoms with E-state index in [-0.39, 0.29) is 22.2 Å². The lowest BCUT2D eigenvalue weighted by Gasteiger charge is -2.21. The van der Waals surface area contributed by atoms with Crippen LogP contribution in [0.4, 0.5) is 0 Å². The van der Waals surface area contributed by atoms with E-state index in [9.17, 15) is 16.8 Å². The number of aryl methyl sites for hydroxylation is 1. The van der Waals surface area contributed by atoms with Crippen LogP contribution in [0.3, 0.4) is 0 Å². The molecule has 152 valence electrons. The Morgan fingerprint density at radius 1 is 1.11 bits per heavy atom. The van der Waals surface area contributed by atoms with Gasteiger partial charge >= 0.3 is 0 Å². The summed E-state index contributed by atoms with van der Waals surface area (Å²) in [7, 11) is -5.92. The van der Waals surface area contributed by atoms with E-state index in [0.29, 0.717) is 13.0 Å². The van der Waals surface area contributed by atoms with Gasteiger partial charge in [0.1, 0.15) is 10.6 Å². The molecule has 0 spiro atoms. The van der Waals surface area contributed by atoms with Crippen LogP contribution in [-0.4, -0.2) is 53.3 Å². The Labute approximate surface area is 166 Å². The molecule has 0 saturated carbocycles. The van der Waals surface area contributed by atoms with E-state index >= 15 is 0 Å². The third-order valence-corrected chi connectivity index (χ3v) is 9.16. The first-order valence-electron chi connectivity index (χ1n) is 9.09. The van der Waals surface area contributed by atoms with Crippen LogP contribution in [0.1, 0.15) is 11.1 Å². The maximum Gasteiger partial charge on any atom is 0.187 e. The molecule has 0 aromatic heterocycles. The van der Waals surface area contributed by atoms with Gasteiger partial charge in [-0.3, -0.25) is 0 Å². The third kappa shape index (κ3) is 4.56. The summed E-state index contributed by atoms with van der Waals surface area (Å²) in [6, 6.07) is 14.0. The molecule has 1 aliphatic rings. The van der Waals surface area contributed by atoms with Crippen molar-refractivity contribution in [2.45, 2.75) is 29.5 Å². The van der Waals surface area contributed by atoms with Crippen LogP contribution in [0.5, 0.6) is 5.75 Å². The van der Waals surface area contributed by atoms with Crippen LogP contribution in [0.15, 0.2) is 53.4 Å². The van der Waals surface area contributed by atoms with Gasteiger partial charge in [-0.25, -0.2) is 16.8 Å². The Bertz CT molecular complexity index is 1030. The molecular weight excluding hydrogens is 398 g/mol. The highest BCUT2D eigenvalue weighted by atomic mass is 32.2. The molecule has 0 unspecified atom stereocenters. The van der Waals surface area contributed by atoms with Crippen LogP contribution in [0, 0.1) is 6.92 Å². The first kappa shape index (κ1) is 20.8. The van der Waals surface area contributed by atoms with E-state index < -0.39 is 31.0 Å². The lowest BCUT2D eigenvalue weighted by atomic mass is 10.1. The van der Waals surface area contributed by atoms with Gasteiger partial charge in [-0.05, 0) is 43.1 Å². The molecule has 0 bridgehead atoms. The molecule has 28 heavy (non-hydrogen) atoms. The van der Waals surface area contributed by atoms with E-state index in [2.05, 4.69) is 5.32 Å². The Hall–Kier alpha value is -1.90. The van der Waals surface area contributed by atoms with Crippen molar-refractivity contribution in [3.63, 3.8) is 0 Å². The summed E-state index contributed by atoms with van der Waals surface area (Å²) in [5, 5.41) is 2.13. The SMILES string of the molecule is COc1ccc(C)cc1S(=O)(=O)[C@H]1CS(=O)(=O)C[C@@H]1NCCc1ccccc1. The number of ether oxygens (including phenoxy) is 1. The smallest absolute Gasteiger partial charge is 0.187 e. The average Bonchev–Trinajstić information content (AvgIpc) is 2.98. The van der Waals surface area contributed by atoms with E-state index in [4.69, 9.17) is 4.74 Å². The molecule has 6 nitrogen and oxygen atoms in total. The number of rotatable bonds is 7. The van der Waals surface area contributed by atoms with Crippen molar-refractivity contribution in [3.8, 4) is 5.75 Å². The van der Waals surface area contributed by atoms with E-state index in [1.165, 1.54) is 7.11 Å². The third-order valence-electron chi connectivity index (χ3n) is 4.99. The van der Waals surface area contributed by atoms with Crippen LogP contribution in [0.2, 0.25) is 0 Å². The van der Waals surface area contributed by atoms with E-state index in [1.54, 1.807) is 25.1 Å². The van der Waals surface area contributed by atoms with Gasteiger partial charge in [0.2, 0.25) is 0 Å². The zero-order valence-corrected chi connectivity index (χ0v) is 17.6. The van der Waals surface area contributed by atoms with E-state index in [1.807, 2.05) is 30.3 Å². The number of hydrogen-bond acceptors (Lipinski definition) is 6. The van der Waals surface area contributed by atoms with Crippen molar-refractivity contribution in [1.29, 1.82) is 0 Å². The Balaban J connectivity index is 1.84. The monoisotopic (exact) mass is 423 g/mol. The van der Waals surface area contributed by atoms with Gasteiger partial charge in [-0.2, -0.15) is 0 Å². The zero-order chi connectivity index (χ0) is 20.4. The van der Waals surface area contributed by atoms with Gasteiger partial charge in [-0.1, -0.05) is 36.4 Å². The molecule has 1 aliphatic heterocycles. The Kier molecular flexibility index (Phi) is 6.12. The molecular formula is C20H25NO5S2. The highest BCUT2D eigenvalue weighted by molar-refractivity contribution is 7.96. The first-order valence-corrected chi connectivity index (χ1v) is 12.5. The fraction of sp³-hybridized carbons (Fsp3) is 0.400. The Morgan fingerprint density at radius 2 is 1.82 bits per heavy atom. The molecule has 0 radical (unpaired) electrons. The molecule has 1 saturated heterocycles. The van der Waals surface area contributed by atoms with Crippen LogP contribution in [-0.2, 0) is 26.1 Å². The van der Waals surface area contributed by atoms with Gasteiger partial charge in [0.05, 0.1) is 23.9 Å². The zero-order valence-electron chi connectivity index (χ0n) is 16.0. The lowest BCUT2D eigenvalue weighted by molar-refractivity contribution is 0.402. The van der Waals surface area contributed by atoms with E-state index in [0.717, 1.165) is 11.1 Å². The first-order chi connectivity index (χ1) is 13.2. The highest BCUT2D eigenvalue weighted by Gasteiger charge is 2.46. The summed E-state index contributed by atoms with van der Waals surface area (Å²) >= 11 is 0. The molecule has 1 N–H and O–H groups in total. The second-order valence-corrected chi connectivity index (χ2v) is 11.4. The summed E-state index contributed by atoms with van der Waals surface area (Å²) in [5.74, 6) is -0.326. The second kappa shape index (κ2) is 8.23. The highest BCUT2D eigenvalue weighted by Crippen LogP contribution is 2.32. The maximum absolute atomic E-state index is 13.3. The summed E-state index contributed by atoms with van der Waals surface area (Å²) in [4.78, 5) is 0.0481. The molecule has 3 rings (SSSR count). The molecule has 0 amide bonds. The number of nitrogens with one attached hydrogen (secondary N) is 1. The molecule has 2 aromatic rings. The van der Waals surface area contributed by atoms with Gasteiger partial charge in [0, 0.05) is 6.04 Å². The van der Waals surface area contributed by atoms with Crippen molar-refractivity contribution in [2.75, 3.05) is 25.2 Å². The molecule has 2 aromatic carbocycles. The second-order valence-electron chi connectivity index (χ2n) is 7.11. The normalized spacial score (nSPS) is 21.5. The van der Waals surface area contributed by atoms with Gasteiger partial charge in [-0.15, -0.1) is 0 Å². The number of sulfone groups is 2. The van der Waals surface area contributed by atoms with Gasteiger partial charge in [0.15, 0.2) is 19.7 Å². The molecule has 1 heterocycles. The van der Waals surface area contributed by atoms with Crippen molar-refractivity contribution < 1.29 is 21.6 Å². The standard InChI is InChI=1S/C20H25NO5S2/c1-15-8-9-18(26-2)19(12-15)28(24,25)20-14-27(22,23)13-17(20)21-11-10-16-6-4-3-5-7-16/h3-9,12,17,20-21H,10-11,13-14H2,1-2H3/t17-,20-/m0/s1. The molecule has 8 heteroatoms. The molecule has 2 atom stereocenters. The van der Waals surface area contributed by atoms with Gasteiger partial charge in [0.25, 0.3) is 0 Å². The molecule has 1 fully saturated rings. The maximum atomic E-state index is 13.3. The minimum atomic E-state index is -3.89. The number of benzene rings is 2. The van der Waals surface area contributed by atoms with Crippen LogP contribution < -0.4 is 10.1 Å². The minimum Gasteiger partial charge on any atom is -0.495 e. The quantitative estimate of drug-likeness (QED) is 0.730. The summed E-state index contributed by atoms with van der Waals surface area (Å²) in [6.07, 6.45) is 0.692. The molecule has 0 aliphatic carbocycles. The van der Waals surface area contributed by atoms with Crippen molar-refractivity contribution in [2.24, 2.45) is 0 Å². The number of hydrogen-bond donors (Lipinski definition) is 1.